The van der Waals surface area contributed by atoms with Crippen molar-refractivity contribution in [1.29, 1.82) is 0 Å². The predicted molar refractivity (Wildman–Crippen MR) is 126 cm³/mol. The quantitative estimate of drug-likeness (QED) is 0.391. The van der Waals surface area contributed by atoms with Crippen LogP contribution in [0.1, 0.15) is 58.1 Å². The summed E-state index contributed by atoms with van der Waals surface area (Å²) >= 11 is 0. The van der Waals surface area contributed by atoms with Crippen molar-refractivity contribution < 1.29 is 19.7 Å². The largest absolute Gasteiger partial charge is 0.491 e. The Labute approximate surface area is 187 Å². The summed E-state index contributed by atoms with van der Waals surface area (Å²) < 4.78 is 11.4. The van der Waals surface area contributed by atoms with Gasteiger partial charge in [0.1, 0.15) is 30.8 Å². The van der Waals surface area contributed by atoms with Gasteiger partial charge in [-0.15, -0.1) is 0 Å². The van der Waals surface area contributed by atoms with Crippen LogP contribution in [0, 0.1) is 0 Å². The second kappa shape index (κ2) is 12.7. The van der Waals surface area contributed by atoms with E-state index in [4.69, 9.17) is 9.47 Å². The van der Waals surface area contributed by atoms with Crippen LogP contribution in [0.25, 0.3) is 0 Å². The van der Waals surface area contributed by atoms with Crippen LogP contribution in [-0.2, 0) is 5.41 Å². The van der Waals surface area contributed by atoms with Crippen LogP contribution in [0.15, 0.2) is 48.5 Å². The summed E-state index contributed by atoms with van der Waals surface area (Å²) in [6, 6.07) is 16.1. The Balaban J connectivity index is 1.90. The van der Waals surface area contributed by atoms with E-state index in [1.165, 1.54) is 11.1 Å². The maximum Gasteiger partial charge on any atom is 0.119 e. The third kappa shape index (κ3) is 8.17. The van der Waals surface area contributed by atoms with Crippen molar-refractivity contribution in [2.75, 3.05) is 26.3 Å². The fraction of sp³-hybridized carbons (Fsp3) is 0.538. The van der Waals surface area contributed by atoms with Gasteiger partial charge >= 0.3 is 0 Å². The minimum atomic E-state index is -0.521. The fourth-order valence-electron chi connectivity index (χ4n) is 3.23. The molecule has 2 rings (SSSR count). The van der Waals surface area contributed by atoms with E-state index < -0.39 is 12.2 Å². The predicted octanol–water partition coefficient (Wildman–Crippen LogP) is 4.29. The Hall–Kier alpha value is -2.08. The minimum absolute atomic E-state index is 0.178. The second-order valence-electron chi connectivity index (χ2n) is 8.57. The minimum Gasteiger partial charge on any atom is -0.491 e. The van der Waals surface area contributed by atoms with E-state index in [1.807, 2.05) is 31.2 Å². The molecule has 0 saturated heterocycles. The van der Waals surface area contributed by atoms with E-state index in [0.29, 0.717) is 19.6 Å². The molecule has 0 aliphatic rings. The molecule has 2 unspecified atom stereocenters. The average Bonchev–Trinajstić information content (AvgIpc) is 2.79. The lowest BCUT2D eigenvalue weighted by Gasteiger charge is -2.26. The zero-order valence-electron chi connectivity index (χ0n) is 19.4. The molecule has 2 aromatic rings. The Morgan fingerprint density at radius 3 is 1.74 bits per heavy atom. The highest BCUT2D eigenvalue weighted by Crippen LogP contribution is 2.33. The van der Waals surface area contributed by atoms with Crippen LogP contribution in [-0.4, -0.2) is 48.7 Å². The van der Waals surface area contributed by atoms with Crippen molar-refractivity contribution in [2.24, 2.45) is 0 Å². The number of unbranched alkanes of at least 4 members (excludes halogenated alkanes) is 1. The van der Waals surface area contributed by atoms with Gasteiger partial charge in [0.15, 0.2) is 0 Å². The molecule has 0 aliphatic heterocycles. The highest BCUT2D eigenvalue weighted by Gasteiger charge is 2.23. The van der Waals surface area contributed by atoms with Gasteiger partial charge in [0.05, 0.1) is 6.10 Å². The van der Waals surface area contributed by atoms with Gasteiger partial charge < -0.3 is 25.0 Å². The van der Waals surface area contributed by atoms with E-state index >= 15 is 0 Å². The molecule has 0 saturated carbocycles. The van der Waals surface area contributed by atoms with E-state index in [0.717, 1.165) is 30.9 Å². The van der Waals surface area contributed by atoms with Crippen LogP contribution in [0.2, 0.25) is 0 Å². The lowest BCUT2D eigenvalue weighted by molar-refractivity contribution is 0.104. The molecular formula is C26H39NO4. The summed E-state index contributed by atoms with van der Waals surface area (Å²) in [5.74, 6) is 1.52. The topological polar surface area (TPSA) is 71.0 Å². The Morgan fingerprint density at radius 2 is 1.29 bits per heavy atom. The first-order valence-corrected chi connectivity index (χ1v) is 11.4. The van der Waals surface area contributed by atoms with Gasteiger partial charge in [0.2, 0.25) is 0 Å². The van der Waals surface area contributed by atoms with Crippen LogP contribution in [0.4, 0.5) is 0 Å². The second-order valence-corrected chi connectivity index (χ2v) is 8.57. The maximum absolute atomic E-state index is 10.0. The zero-order valence-corrected chi connectivity index (χ0v) is 19.4. The van der Waals surface area contributed by atoms with E-state index in [2.05, 4.69) is 50.4 Å². The van der Waals surface area contributed by atoms with Gasteiger partial charge in [-0.1, -0.05) is 58.4 Å². The number of aliphatic hydroxyl groups excluding tert-OH is 2. The van der Waals surface area contributed by atoms with E-state index in [9.17, 15) is 10.2 Å². The number of benzene rings is 2. The summed E-state index contributed by atoms with van der Waals surface area (Å²) in [5.41, 5.74) is 2.18. The number of aliphatic hydroxyl groups is 2. The molecule has 5 heteroatoms. The van der Waals surface area contributed by atoms with Crippen LogP contribution in [0.3, 0.4) is 0 Å². The Bertz CT molecular complexity index is 743. The molecule has 0 aliphatic carbocycles. The third-order valence-electron chi connectivity index (χ3n) is 5.60. The SMILES string of the molecule is CCCCNCC(O)COc1ccc(C(C)(C)c2ccc(OCC(O)CC)cc2)cc1. The monoisotopic (exact) mass is 429 g/mol. The molecule has 31 heavy (non-hydrogen) atoms. The van der Waals surface area contributed by atoms with Gasteiger partial charge in [-0.25, -0.2) is 0 Å². The molecule has 5 nitrogen and oxygen atoms in total. The number of rotatable bonds is 14. The van der Waals surface area contributed by atoms with Gasteiger partial charge in [-0.2, -0.15) is 0 Å². The van der Waals surface area contributed by atoms with Crippen LogP contribution >= 0.6 is 0 Å². The van der Waals surface area contributed by atoms with Gasteiger partial charge in [0, 0.05) is 12.0 Å². The molecule has 0 amide bonds. The highest BCUT2D eigenvalue weighted by atomic mass is 16.5. The van der Waals surface area contributed by atoms with E-state index in [-0.39, 0.29) is 12.0 Å². The standard InChI is InChI=1S/C26H39NO4/c1-5-7-16-27-17-23(29)19-31-25-14-10-21(11-15-25)26(3,4)20-8-12-24(13-9-20)30-18-22(28)6-2/h8-15,22-23,27-29H,5-7,16-19H2,1-4H3. The van der Waals surface area contributed by atoms with Crippen LogP contribution < -0.4 is 14.8 Å². The molecule has 0 aromatic heterocycles. The van der Waals surface area contributed by atoms with Crippen molar-refractivity contribution in [3.63, 3.8) is 0 Å². The molecule has 172 valence electrons. The highest BCUT2D eigenvalue weighted by molar-refractivity contribution is 5.41. The molecule has 3 N–H and O–H groups in total. The smallest absolute Gasteiger partial charge is 0.119 e. The first kappa shape index (κ1) is 25.2. The molecule has 0 spiro atoms. The van der Waals surface area contributed by atoms with Gasteiger partial charge in [-0.3, -0.25) is 0 Å². The summed E-state index contributed by atoms with van der Waals surface area (Å²) in [7, 11) is 0. The number of hydrogen-bond acceptors (Lipinski definition) is 5. The first-order valence-electron chi connectivity index (χ1n) is 11.4. The first-order chi connectivity index (χ1) is 14.9. The molecule has 0 radical (unpaired) electrons. The van der Waals surface area contributed by atoms with Crippen LogP contribution in [0.5, 0.6) is 11.5 Å². The van der Waals surface area contributed by atoms with Crippen molar-refractivity contribution in [3.8, 4) is 11.5 Å². The number of hydrogen-bond donors (Lipinski definition) is 3. The third-order valence-corrected chi connectivity index (χ3v) is 5.60. The summed E-state index contributed by atoms with van der Waals surface area (Å²) in [6.45, 7) is 10.5. The fourth-order valence-corrected chi connectivity index (χ4v) is 3.23. The average molecular weight is 430 g/mol. The lowest BCUT2D eigenvalue weighted by atomic mass is 9.78. The normalized spacial score (nSPS) is 13.6. The molecular weight excluding hydrogens is 390 g/mol. The van der Waals surface area contributed by atoms with Crippen molar-refractivity contribution in [3.05, 3.63) is 59.7 Å². The van der Waals surface area contributed by atoms with Crippen molar-refractivity contribution in [1.82, 2.24) is 5.32 Å². The van der Waals surface area contributed by atoms with Gasteiger partial charge in [-0.05, 0) is 54.8 Å². The van der Waals surface area contributed by atoms with Gasteiger partial charge in [0.25, 0.3) is 0 Å². The van der Waals surface area contributed by atoms with Crippen molar-refractivity contribution in [2.45, 2.75) is 64.6 Å². The molecule has 0 fully saturated rings. The summed E-state index contributed by atoms with van der Waals surface area (Å²) in [6.07, 6.45) is 1.98. The molecule has 0 heterocycles. The number of nitrogens with one attached hydrogen (secondary N) is 1. The summed E-state index contributed by atoms with van der Waals surface area (Å²) in [5, 5.41) is 22.9. The Morgan fingerprint density at radius 1 is 0.806 bits per heavy atom. The molecule has 0 bridgehead atoms. The Kier molecular flexibility index (Phi) is 10.3. The molecule has 2 aromatic carbocycles. The molecule has 2 atom stereocenters. The lowest BCUT2D eigenvalue weighted by Crippen LogP contribution is -2.31. The zero-order chi connectivity index (χ0) is 22.7. The van der Waals surface area contributed by atoms with E-state index in [1.54, 1.807) is 0 Å². The maximum atomic E-state index is 10.0. The van der Waals surface area contributed by atoms with Crippen molar-refractivity contribution >= 4 is 0 Å². The number of ether oxygens (including phenoxy) is 2. The summed E-state index contributed by atoms with van der Waals surface area (Å²) in [4.78, 5) is 0.